The summed E-state index contributed by atoms with van der Waals surface area (Å²) in [5.74, 6) is 0.686. The Labute approximate surface area is 146 Å². The molecule has 1 fully saturated rings. The van der Waals surface area contributed by atoms with Crippen LogP contribution in [-0.2, 0) is 11.2 Å². The first-order chi connectivity index (χ1) is 11.0. The molecule has 0 aliphatic carbocycles. The fourth-order valence-corrected chi connectivity index (χ4v) is 3.85. The number of anilines is 1. The first-order valence-corrected chi connectivity index (χ1v) is 8.99. The Morgan fingerprint density at radius 3 is 3.00 bits per heavy atom. The molecule has 5 heteroatoms. The van der Waals surface area contributed by atoms with Gasteiger partial charge in [0.05, 0.1) is 6.54 Å². The predicted octanol–water partition coefficient (Wildman–Crippen LogP) is 2.78. The van der Waals surface area contributed by atoms with Gasteiger partial charge < -0.3 is 10.2 Å². The zero-order valence-electron chi connectivity index (χ0n) is 13.8. The van der Waals surface area contributed by atoms with Crippen LogP contribution in [0, 0.1) is 5.92 Å². The van der Waals surface area contributed by atoms with Crippen LogP contribution in [0.25, 0.3) is 0 Å². The fourth-order valence-electron chi connectivity index (χ4n) is 3.50. The lowest BCUT2D eigenvalue weighted by atomic mass is 10.00. The molecule has 23 heavy (non-hydrogen) atoms. The van der Waals surface area contributed by atoms with Gasteiger partial charge in [-0.2, -0.15) is 0 Å². The maximum Gasteiger partial charge on any atom is 0.241 e. The molecule has 0 saturated carbocycles. The average molecular weight is 378 g/mol. The number of hydrogen-bond donors (Lipinski definition) is 1. The van der Waals surface area contributed by atoms with Gasteiger partial charge in [-0.25, -0.2) is 0 Å². The highest BCUT2D eigenvalue weighted by molar-refractivity contribution is 9.10. The van der Waals surface area contributed by atoms with Gasteiger partial charge in [0.2, 0.25) is 5.91 Å². The summed E-state index contributed by atoms with van der Waals surface area (Å²) in [5, 5.41) is 3.34. The van der Waals surface area contributed by atoms with Gasteiger partial charge in [-0.05, 0) is 30.0 Å². The van der Waals surface area contributed by atoms with E-state index in [1.165, 1.54) is 5.56 Å². The molecule has 1 saturated heterocycles. The number of carbonyl (C=O) groups is 1. The Hall–Kier alpha value is -1.33. The summed E-state index contributed by atoms with van der Waals surface area (Å²) in [7, 11) is 0. The zero-order valence-corrected chi connectivity index (χ0v) is 15.4. The molecule has 3 rings (SSSR count). The predicted molar refractivity (Wildman–Crippen MR) is 97.5 cm³/mol. The molecule has 2 heterocycles. The van der Waals surface area contributed by atoms with E-state index in [9.17, 15) is 4.79 Å². The number of nitrogens with zero attached hydrogens (tertiary/aromatic N) is 2. The molecule has 2 aliphatic heterocycles. The van der Waals surface area contributed by atoms with Crippen LogP contribution in [0.5, 0.6) is 0 Å². The summed E-state index contributed by atoms with van der Waals surface area (Å²) in [6, 6.07) is 6.57. The monoisotopic (exact) mass is 377 g/mol. The van der Waals surface area contributed by atoms with Gasteiger partial charge in [0.1, 0.15) is 0 Å². The van der Waals surface area contributed by atoms with E-state index in [0.717, 1.165) is 41.9 Å². The second-order valence-corrected chi connectivity index (χ2v) is 7.68. The highest BCUT2D eigenvalue weighted by Gasteiger charge is 2.31. The lowest BCUT2D eigenvalue weighted by Gasteiger charge is -2.40. The molecule has 0 bridgehead atoms. The topological polar surface area (TPSA) is 35.6 Å². The van der Waals surface area contributed by atoms with Crippen LogP contribution >= 0.6 is 15.9 Å². The van der Waals surface area contributed by atoms with Crippen LogP contribution < -0.4 is 10.2 Å². The molecule has 0 radical (unpaired) electrons. The largest absolute Gasteiger partial charge is 0.386 e. The normalized spacial score (nSPS) is 21.5. The van der Waals surface area contributed by atoms with E-state index < -0.39 is 0 Å². The SMILES string of the molecule is C=C1CN(CC(=O)N2CCc3ccc(Br)cc32)[C@@H](C(C)C)CN1. The first kappa shape index (κ1) is 16.5. The summed E-state index contributed by atoms with van der Waals surface area (Å²) >= 11 is 3.51. The minimum Gasteiger partial charge on any atom is -0.386 e. The van der Waals surface area contributed by atoms with Gasteiger partial charge in [0, 0.05) is 41.5 Å². The standard InChI is InChI=1S/C18H24BrN3O/c1-12(2)17-9-20-13(3)10-21(17)11-18(23)22-7-6-14-4-5-15(19)8-16(14)22/h4-5,8,12,17,20H,3,6-7,9-11H2,1-2H3/t17-/m1/s1. The van der Waals surface area contributed by atoms with Gasteiger partial charge in [0.15, 0.2) is 0 Å². The molecular formula is C18H24BrN3O. The Bertz CT molecular complexity index is 629. The number of fused-ring (bicyclic) bond motifs is 1. The summed E-state index contributed by atoms with van der Waals surface area (Å²) in [6.45, 7) is 11.3. The molecule has 2 aliphatic rings. The molecule has 0 unspecified atom stereocenters. The number of amides is 1. The van der Waals surface area contributed by atoms with Gasteiger partial charge in [-0.15, -0.1) is 0 Å². The minimum atomic E-state index is 0.183. The molecule has 1 atom stereocenters. The fraction of sp³-hybridized carbons (Fsp3) is 0.500. The van der Waals surface area contributed by atoms with Crippen LogP contribution in [0.3, 0.4) is 0 Å². The number of rotatable bonds is 3. The summed E-state index contributed by atoms with van der Waals surface area (Å²) in [5.41, 5.74) is 3.31. The summed E-state index contributed by atoms with van der Waals surface area (Å²) < 4.78 is 1.02. The first-order valence-electron chi connectivity index (χ1n) is 8.20. The van der Waals surface area contributed by atoms with Crippen molar-refractivity contribution in [2.24, 2.45) is 5.92 Å². The Morgan fingerprint density at radius 1 is 1.48 bits per heavy atom. The van der Waals surface area contributed by atoms with Crippen LogP contribution in [0.15, 0.2) is 34.9 Å². The van der Waals surface area contributed by atoms with E-state index in [4.69, 9.17) is 0 Å². The van der Waals surface area contributed by atoms with Crippen molar-refractivity contribution in [1.29, 1.82) is 0 Å². The van der Waals surface area contributed by atoms with Crippen molar-refractivity contribution in [1.82, 2.24) is 10.2 Å². The molecule has 1 amide bonds. The molecule has 124 valence electrons. The van der Waals surface area contributed by atoms with Crippen LogP contribution in [0.2, 0.25) is 0 Å². The quantitative estimate of drug-likeness (QED) is 0.879. The number of halogens is 1. The molecule has 1 aromatic rings. The van der Waals surface area contributed by atoms with Crippen molar-refractivity contribution < 1.29 is 4.79 Å². The Kier molecular flexibility index (Phi) is 4.78. The average Bonchev–Trinajstić information content (AvgIpc) is 2.89. The summed E-state index contributed by atoms with van der Waals surface area (Å²) in [4.78, 5) is 17.1. The van der Waals surface area contributed by atoms with E-state index in [1.54, 1.807) is 0 Å². The van der Waals surface area contributed by atoms with Gasteiger partial charge in [0.25, 0.3) is 0 Å². The molecule has 0 spiro atoms. The van der Waals surface area contributed by atoms with Crippen molar-refractivity contribution in [3.63, 3.8) is 0 Å². The van der Waals surface area contributed by atoms with Crippen molar-refractivity contribution in [3.05, 3.63) is 40.5 Å². The van der Waals surface area contributed by atoms with E-state index in [0.29, 0.717) is 18.5 Å². The second-order valence-electron chi connectivity index (χ2n) is 6.77. The van der Waals surface area contributed by atoms with E-state index in [1.807, 2.05) is 11.0 Å². The molecule has 1 aromatic carbocycles. The number of nitrogens with one attached hydrogen (secondary N) is 1. The highest BCUT2D eigenvalue weighted by atomic mass is 79.9. The summed E-state index contributed by atoms with van der Waals surface area (Å²) in [6.07, 6.45) is 0.941. The number of carbonyl (C=O) groups excluding carboxylic acids is 1. The van der Waals surface area contributed by atoms with Crippen LogP contribution in [-0.4, -0.2) is 43.0 Å². The van der Waals surface area contributed by atoms with Crippen molar-refractivity contribution >= 4 is 27.5 Å². The molecular weight excluding hydrogens is 354 g/mol. The van der Waals surface area contributed by atoms with Gasteiger partial charge >= 0.3 is 0 Å². The van der Waals surface area contributed by atoms with Crippen LogP contribution in [0.4, 0.5) is 5.69 Å². The zero-order chi connectivity index (χ0) is 16.6. The van der Waals surface area contributed by atoms with Gasteiger partial charge in [-0.1, -0.05) is 42.4 Å². The minimum absolute atomic E-state index is 0.183. The lowest BCUT2D eigenvalue weighted by Crippen LogP contribution is -2.55. The van der Waals surface area contributed by atoms with E-state index in [-0.39, 0.29) is 5.91 Å². The Morgan fingerprint density at radius 2 is 2.26 bits per heavy atom. The van der Waals surface area contributed by atoms with Gasteiger partial charge in [-0.3, -0.25) is 9.69 Å². The number of benzene rings is 1. The molecule has 1 N–H and O–H groups in total. The number of hydrogen-bond acceptors (Lipinski definition) is 3. The highest BCUT2D eigenvalue weighted by Crippen LogP contribution is 2.31. The smallest absolute Gasteiger partial charge is 0.241 e. The lowest BCUT2D eigenvalue weighted by molar-refractivity contribution is -0.120. The second kappa shape index (κ2) is 6.65. The molecule has 4 nitrogen and oxygen atoms in total. The van der Waals surface area contributed by atoms with Crippen molar-refractivity contribution in [2.45, 2.75) is 26.3 Å². The third kappa shape index (κ3) is 3.45. The van der Waals surface area contributed by atoms with Crippen molar-refractivity contribution in [2.75, 3.05) is 31.1 Å². The number of piperazine rings is 1. The van der Waals surface area contributed by atoms with Crippen LogP contribution in [0.1, 0.15) is 19.4 Å². The van der Waals surface area contributed by atoms with Crippen molar-refractivity contribution in [3.8, 4) is 0 Å². The third-order valence-corrected chi connectivity index (χ3v) is 5.27. The van der Waals surface area contributed by atoms with E-state index in [2.05, 4.69) is 58.7 Å². The Balaban J connectivity index is 1.74. The van der Waals surface area contributed by atoms with E-state index >= 15 is 0 Å². The maximum atomic E-state index is 12.9. The third-order valence-electron chi connectivity index (χ3n) is 4.78. The molecule has 0 aromatic heterocycles. The maximum absolute atomic E-state index is 12.9.